The molecule has 226 valence electrons. The van der Waals surface area contributed by atoms with E-state index in [-0.39, 0.29) is 0 Å². The van der Waals surface area contributed by atoms with Gasteiger partial charge in [0.15, 0.2) is 0 Å². The van der Waals surface area contributed by atoms with E-state index in [1.165, 1.54) is 31.1 Å². The van der Waals surface area contributed by atoms with Crippen molar-refractivity contribution in [1.29, 1.82) is 10.5 Å². The lowest BCUT2D eigenvalue weighted by Gasteiger charge is -2.16. The minimum Gasteiger partial charge on any atom is -0.309 e. The van der Waals surface area contributed by atoms with Gasteiger partial charge in [-0.25, -0.2) is 0 Å². The molecule has 10 rings (SSSR count). The summed E-state index contributed by atoms with van der Waals surface area (Å²) >= 11 is 1.83. The lowest BCUT2D eigenvalue weighted by molar-refractivity contribution is 1.18. The first-order valence-electron chi connectivity index (χ1n) is 16.1. The van der Waals surface area contributed by atoms with Crippen molar-refractivity contribution in [3.8, 4) is 34.6 Å². The van der Waals surface area contributed by atoms with Gasteiger partial charge in [-0.3, -0.25) is 0 Å². The van der Waals surface area contributed by atoms with E-state index in [9.17, 15) is 10.5 Å². The molecule has 0 spiro atoms. The molecule has 0 amide bonds. The molecule has 0 radical (unpaired) electrons. The Labute approximate surface area is 285 Å². The molecule has 0 aliphatic rings. The van der Waals surface area contributed by atoms with E-state index < -0.39 is 0 Å². The number of nitriles is 2. The van der Waals surface area contributed by atoms with E-state index in [1.54, 1.807) is 0 Å². The molecular weight excluding hydrogens is 617 g/mol. The van der Waals surface area contributed by atoms with Gasteiger partial charge in [0.25, 0.3) is 0 Å². The Morgan fingerprint density at radius 3 is 2.08 bits per heavy atom. The van der Waals surface area contributed by atoms with Crippen LogP contribution in [0.1, 0.15) is 11.1 Å². The van der Waals surface area contributed by atoms with Gasteiger partial charge in [0.1, 0.15) is 0 Å². The summed E-state index contributed by atoms with van der Waals surface area (Å²) in [6, 6.07) is 55.3. The molecule has 0 saturated heterocycles. The number of nitrogens with zero attached hydrogens (tertiary/aromatic N) is 4. The molecule has 49 heavy (non-hydrogen) atoms. The highest BCUT2D eigenvalue weighted by atomic mass is 32.1. The standard InChI is InChI=1S/C44H24N4S/c45-25-27-17-20-38-34(23-27)31-12-4-6-14-36(31)48(38)39-15-8-9-29(26-46)42(39)28-18-21-37-35(24-28)32-19-22-41-43(33-13-5-7-16-40(33)49-41)44(32)47(37)30-10-2-1-3-11-30/h1-24H. The SMILES string of the molecule is N#Cc1ccc2c(c1)c1ccccc1n2-c1cccc(C#N)c1-c1ccc2c(c1)c1ccc3sc4ccccc4c3c1n2-c1ccccc1. The van der Waals surface area contributed by atoms with Crippen LogP contribution in [0.5, 0.6) is 0 Å². The molecule has 3 heterocycles. The topological polar surface area (TPSA) is 57.4 Å². The minimum absolute atomic E-state index is 0.606. The molecule has 0 aliphatic heterocycles. The average molecular weight is 641 g/mol. The second-order valence-electron chi connectivity index (χ2n) is 12.3. The third-order valence-electron chi connectivity index (χ3n) is 9.78. The number of hydrogen-bond acceptors (Lipinski definition) is 3. The quantitative estimate of drug-likeness (QED) is 0.193. The van der Waals surface area contributed by atoms with Gasteiger partial charge in [-0.15, -0.1) is 11.3 Å². The van der Waals surface area contributed by atoms with Crippen LogP contribution < -0.4 is 0 Å². The van der Waals surface area contributed by atoms with E-state index in [1.807, 2.05) is 53.8 Å². The van der Waals surface area contributed by atoms with Crippen LogP contribution in [-0.2, 0) is 0 Å². The van der Waals surface area contributed by atoms with Gasteiger partial charge in [0.2, 0.25) is 0 Å². The van der Waals surface area contributed by atoms with Crippen molar-refractivity contribution >= 4 is 75.1 Å². The van der Waals surface area contributed by atoms with E-state index in [4.69, 9.17) is 0 Å². The first-order valence-corrected chi connectivity index (χ1v) is 17.0. The minimum atomic E-state index is 0.606. The lowest BCUT2D eigenvalue weighted by atomic mass is 9.96. The molecule has 10 aromatic rings. The smallest absolute Gasteiger partial charge is 0.0998 e. The van der Waals surface area contributed by atoms with Crippen LogP contribution in [0.4, 0.5) is 0 Å². The Bertz CT molecular complexity index is 3070. The number of benzene rings is 7. The maximum atomic E-state index is 10.5. The van der Waals surface area contributed by atoms with Crippen LogP contribution in [0, 0.1) is 22.7 Å². The molecular formula is C44H24N4S. The van der Waals surface area contributed by atoms with Gasteiger partial charge in [0.05, 0.1) is 51.0 Å². The molecule has 0 unspecified atom stereocenters. The van der Waals surface area contributed by atoms with Crippen LogP contribution in [0.25, 0.3) is 86.3 Å². The summed E-state index contributed by atoms with van der Waals surface area (Å²) in [6.45, 7) is 0. The fraction of sp³-hybridized carbons (Fsp3) is 0. The highest BCUT2D eigenvalue weighted by molar-refractivity contribution is 7.26. The lowest BCUT2D eigenvalue weighted by Crippen LogP contribution is -1.99. The predicted octanol–water partition coefficient (Wildman–Crippen LogP) is 11.7. The summed E-state index contributed by atoms with van der Waals surface area (Å²) < 4.78 is 7.17. The zero-order valence-electron chi connectivity index (χ0n) is 26.1. The third kappa shape index (κ3) is 3.88. The fourth-order valence-corrected chi connectivity index (χ4v) is 8.85. The van der Waals surface area contributed by atoms with Crippen molar-refractivity contribution < 1.29 is 0 Å². The van der Waals surface area contributed by atoms with E-state index >= 15 is 0 Å². The third-order valence-corrected chi connectivity index (χ3v) is 10.9. The van der Waals surface area contributed by atoms with Gasteiger partial charge in [0, 0.05) is 53.0 Å². The van der Waals surface area contributed by atoms with Crippen molar-refractivity contribution in [1.82, 2.24) is 9.13 Å². The molecule has 0 N–H and O–H groups in total. The Kier molecular flexibility index (Phi) is 5.84. The van der Waals surface area contributed by atoms with Crippen molar-refractivity contribution in [2.24, 2.45) is 0 Å². The summed E-state index contributed by atoms with van der Waals surface area (Å²) in [7, 11) is 0. The second-order valence-corrected chi connectivity index (χ2v) is 13.4. The van der Waals surface area contributed by atoms with Crippen molar-refractivity contribution in [2.75, 3.05) is 0 Å². The predicted molar refractivity (Wildman–Crippen MR) is 203 cm³/mol. The van der Waals surface area contributed by atoms with Gasteiger partial charge < -0.3 is 9.13 Å². The Hall–Kier alpha value is -6.66. The fourth-order valence-electron chi connectivity index (χ4n) is 7.74. The number of para-hydroxylation sites is 2. The number of hydrogen-bond donors (Lipinski definition) is 0. The van der Waals surface area contributed by atoms with Crippen LogP contribution in [-0.4, -0.2) is 9.13 Å². The molecule has 7 aromatic carbocycles. The highest BCUT2D eigenvalue weighted by Gasteiger charge is 2.22. The summed E-state index contributed by atoms with van der Waals surface area (Å²) in [5.41, 5.74) is 9.43. The van der Waals surface area contributed by atoms with Gasteiger partial charge >= 0.3 is 0 Å². The summed E-state index contributed by atoms with van der Waals surface area (Å²) in [4.78, 5) is 0. The highest BCUT2D eigenvalue weighted by Crippen LogP contribution is 2.45. The van der Waals surface area contributed by atoms with Crippen molar-refractivity contribution in [3.05, 3.63) is 157 Å². The van der Waals surface area contributed by atoms with Crippen LogP contribution >= 0.6 is 11.3 Å². The molecule has 0 saturated carbocycles. The zero-order valence-corrected chi connectivity index (χ0v) is 26.9. The Balaban J connectivity index is 1.32. The van der Waals surface area contributed by atoms with Gasteiger partial charge in [-0.05, 0) is 78.4 Å². The number of aromatic nitrogens is 2. The second kappa shape index (κ2) is 10.4. The molecule has 3 aromatic heterocycles. The number of fused-ring (bicyclic) bond motifs is 10. The van der Waals surface area contributed by atoms with Gasteiger partial charge in [-0.2, -0.15) is 10.5 Å². The first-order chi connectivity index (χ1) is 24.2. The molecule has 5 heteroatoms. The van der Waals surface area contributed by atoms with E-state index in [0.717, 1.165) is 55.2 Å². The maximum absolute atomic E-state index is 10.5. The van der Waals surface area contributed by atoms with E-state index in [2.05, 4.69) is 124 Å². The monoisotopic (exact) mass is 640 g/mol. The molecule has 0 bridgehead atoms. The van der Waals surface area contributed by atoms with Crippen LogP contribution in [0.2, 0.25) is 0 Å². The van der Waals surface area contributed by atoms with Crippen LogP contribution in [0.3, 0.4) is 0 Å². The Morgan fingerprint density at radius 1 is 0.490 bits per heavy atom. The average Bonchev–Trinajstić information content (AvgIpc) is 3.81. The van der Waals surface area contributed by atoms with Crippen molar-refractivity contribution in [3.63, 3.8) is 0 Å². The molecule has 0 aliphatic carbocycles. The van der Waals surface area contributed by atoms with E-state index in [0.29, 0.717) is 11.1 Å². The number of rotatable bonds is 3. The Morgan fingerprint density at radius 2 is 1.22 bits per heavy atom. The normalized spacial score (nSPS) is 11.6. The zero-order chi connectivity index (χ0) is 32.6. The molecule has 4 nitrogen and oxygen atoms in total. The maximum Gasteiger partial charge on any atom is 0.0998 e. The van der Waals surface area contributed by atoms with Gasteiger partial charge in [-0.1, -0.05) is 72.8 Å². The summed E-state index contributed by atoms with van der Waals surface area (Å²) in [5.74, 6) is 0. The molecule has 0 atom stereocenters. The van der Waals surface area contributed by atoms with Crippen molar-refractivity contribution in [2.45, 2.75) is 0 Å². The van der Waals surface area contributed by atoms with Crippen LogP contribution in [0.15, 0.2) is 146 Å². The summed E-state index contributed by atoms with van der Waals surface area (Å²) in [5, 5.41) is 27.1. The molecule has 0 fully saturated rings. The number of thiophene rings is 1. The largest absolute Gasteiger partial charge is 0.309 e. The first kappa shape index (κ1) is 27.5. The summed E-state index contributed by atoms with van der Waals surface area (Å²) in [6.07, 6.45) is 0.